The van der Waals surface area contributed by atoms with Gasteiger partial charge in [0.15, 0.2) is 0 Å². The highest BCUT2D eigenvalue weighted by atomic mass is 16.5. The van der Waals surface area contributed by atoms with Gasteiger partial charge in [0.05, 0.1) is 6.10 Å². The van der Waals surface area contributed by atoms with Crippen molar-refractivity contribution in [1.82, 2.24) is 10.2 Å². The van der Waals surface area contributed by atoms with E-state index in [1.807, 2.05) is 31.2 Å². The summed E-state index contributed by atoms with van der Waals surface area (Å²) in [5.41, 5.74) is 1.99. The van der Waals surface area contributed by atoms with Crippen LogP contribution in [0.4, 0.5) is 0 Å². The Hall–Kier alpha value is -2.82. The molecule has 0 saturated heterocycles. The van der Waals surface area contributed by atoms with Gasteiger partial charge in [-0.05, 0) is 68.5 Å². The molecule has 5 heteroatoms. The first kappa shape index (κ1) is 20.9. The molecule has 0 atom stereocenters. The number of hydrogen-bond acceptors (Lipinski definition) is 3. The van der Waals surface area contributed by atoms with Crippen LogP contribution in [0.3, 0.4) is 0 Å². The lowest BCUT2D eigenvalue weighted by molar-refractivity contribution is 0.0802. The van der Waals surface area contributed by atoms with Crippen LogP contribution >= 0.6 is 0 Å². The zero-order chi connectivity index (χ0) is 20.6. The summed E-state index contributed by atoms with van der Waals surface area (Å²) in [4.78, 5) is 26.5. The molecular weight excluding hydrogens is 364 g/mol. The molecule has 2 aromatic rings. The van der Waals surface area contributed by atoms with E-state index in [4.69, 9.17) is 4.74 Å². The molecule has 1 aliphatic carbocycles. The maximum Gasteiger partial charge on any atom is 0.253 e. The largest absolute Gasteiger partial charge is 0.490 e. The number of nitrogens with zero attached hydrogens (tertiary/aromatic N) is 1. The molecule has 0 bridgehead atoms. The van der Waals surface area contributed by atoms with E-state index in [0.29, 0.717) is 30.3 Å². The molecule has 1 N–H and O–H groups in total. The minimum Gasteiger partial charge on any atom is -0.490 e. The van der Waals surface area contributed by atoms with Gasteiger partial charge in [-0.1, -0.05) is 24.6 Å². The minimum absolute atomic E-state index is 0.0882. The van der Waals surface area contributed by atoms with Crippen LogP contribution in [0, 0.1) is 0 Å². The number of benzene rings is 2. The molecule has 3 rings (SSSR count). The Morgan fingerprint density at radius 2 is 1.76 bits per heavy atom. The van der Waals surface area contributed by atoms with Crippen molar-refractivity contribution in [3.8, 4) is 5.75 Å². The fourth-order valence-electron chi connectivity index (χ4n) is 3.55. The van der Waals surface area contributed by atoms with E-state index in [1.165, 1.54) is 19.3 Å². The SMILES string of the molecule is CCN(C)C(=O)c1cccc(C(=O)NCc2cccc(OC3CCCCC3)c2)c1. The molecule has 1 saturated carbocycles. The van der Waals surface area contributed by atoms with Gasteiger partial charge in [0.2, 0.25) is 0 Å². The maximum atomic E-state index is 12.6. The summed E-state index contributed by atoms with van der Waals surface area (Å²) >= 11 is 0. The zero-order valence-corrected chi connectivity index (χ0v) is 17.3. The Bertz CT molecular complexity index is 844. The molecule has 1 aliphatic rings. The summed E-state index contributed by atoms with van der Waals surface area (Å²) in [6, 6.07) is 14.7. The van der Waals surface area contributed by atoms with E-state index in [-0.39, 0.29) is 11.8 Å². The van der Waals surface area contributed by atoms with Crippen LogP contribution in [0.25, 0.3) is 0 Å². The van der Waals surface area contributed by atoms with Crippen molar-refractivity contribution in [3.05, 3.63) is 65.2 Å². The Kier molecular flexibility index (Phi) is 7.28. The Morgan fingerprint density at radius 3 is 2.52 bits per heavy atom. The van der Waals surface area contributed by atoms with E-state index in [2.05, 4.69) is 5.32 Å². The van der Waals surface area contributed by atoms with Crippen molar-refractivity contribution in [2.45, 2.75) is 51.7 Å². The topological polar surface area (TPSA) is 58.6 Å². The molecule has 0 spiro atoms. The molecule has 0 radical (unpaired) electrons. The predicted molar refractivity (Wildman–Crippen MR) is 114 cm³/mol. The first-order valence-electron chi connectivity index (χ1n) is 10.5. The quantitative estimate of drug-likeness (QED) is 0.756. The van der Waals surface area contributed by atoms with Crippen molar-refractivity contribution in [2.24, 2.45) is 0 Å². The second-order valence-corrected chi connectivity index (χ2v) is 7.61. The summed E-state index contributed by atoms with van der Waals surface area (Å²) in [7, 11) is 1.75. The van der Waals surface area contributed by atoms with Crippen molar-refractivity contribution >= 4 is 11.8 Å². The summed E-state index contributed by atoms with van der Waals surface area (Å²) in [6.45, 7) is 2.95. The fourth-order valence-corrected chi connectivity index (χ4v) is 3.55. The molecule has 1 fully saturated rings. The Balaban J connectivity index is 1.59. The smallest absolute Gasteiger partial charge is 0.253 e. The van der Waals surface area contributed by atoms with Gasteiger partial charge in [-0.15, -0.1) is 0 Å². The predicted octanol–water partition coefficient (Wildman–Crippen LogP) is 4.42. The summed E-state index contributed by atoms with van der Waals surface area (Å²) in [5.74, 6) is 0.575. The second-order valence-electron chi connectivity index (χ2n) is 7.61. The van der Waals surface area contributed by atoms with Crippen LogP contribution in [0.15, 0.2) is 48.5 Å². The average molecular weight is 395 g/mol. The number of carbonyl (C=O) groups excluding carboxylic acids is 2. The first-order chi connectivity index (χ1) is 14.1. The lowest BCUT2D eigenvalue weighted by Gasteiger charge is -2.23. The average Bonchev–Trinajstić information content (AvgIpc) is 2.77. The van der Waals surface area contributed by atoms with Gasteiger partial charge in [-0.3, -0.25) is 9.59 Å². The highest BCUT2D eigenvalue weighted by Crippen LogP contribution is 2.24. The van der Waals surface area contributed by atoms with Crippen molar-refractivity contribution in [3.63, 3.8) is 0 Å². The molecule has 0 heterocycles. The van der Waals surface area contributed by atoms with E-state index in [9.17, 15) is 9.59 Å². The summed E-state index contributed by atoms with van der Waals surface area (Å²) < 4.78 is 6.11. The van der Waals surface area contributed by atoms with Gasteiger partial charge in [0, 0.05) is 31.3 Å². The molecular formula is C24H30N2O3. The number of rotatable bonds is 7. The molecule has 0 aromatic heterocycles. The monoisotopic (exact) mass is 394 g/mol. The molecule has 0 aliphatic heterocycles. The van der Waals surface area contributed by atoms with Crippen molar-refractivity contribution in [2.75, 3.05) is 13.6 Å². The third-order valence-electron chi connectivity index (χ3n) is 5.40. The fraction of sp³-hybridized carbons (Fsp3) is 0.417. The Labute approximate surface area is 173 Å². The Morgan fingerprint density at radius 1 is 1.03 bits per heavy atom. The first-order valence-corrected chi connectivity index (χ1v) is 10.5. The number of carbonyl (C=O) groups is 2. The lowest BCUT2D eigenvalue weighted by atomic mass is 9.98. The second kappa shape index (κ2) is 10.1. The third-order valence-corrected chi connectivity index (χ3v) is 5.40. The lowest BCUT2D eigenvalue weighted by Crippen LogP contribution is -2.27. The van der Waals surface area contributed by atoms with Crippen molar-refractivity contribution < 1.29 is 14.3 Å². The minimum atomic E-state index is -0.197. The van der Waals surface area contributed by atoms with Gasteiger partial charge in [0.25, 0.3) is 11.8 Å². The molecule has 154 valence electrons. The van der Waals surface area contributed by atoms with Crippen LogP contribution in [0.1, 0.15) is 65.3 Å². The number of nitrogens with one attached hydrogen (secondary N) is 1. The van der Waals surface area contributed by atoms with E-state index in [0.717, 1.165) is 24.2 Å². The molecule has 2 aromatic carbocycles. The van der Waals surface area contributed by atoms with Gasteiger partial charge in [-0.25, -0.2) is 0 Å². The van der Waals surface area contributed by atoms with Crippen LogP contribution in [0.5, 0.6) is 5.75 Å². The molecule has 0 unspecified atom stereocenters. The van der Waals surface area contributed by atoms with Gasteiger partial charge < -0.3 is 15.0 Å². The van der Waals surface area contributed by atoms with E-state index < -0.39 is 0 Å². The molecule has 29 heavy (non-hydrogen) atoms. The highest BCUT2D eigenvalue weighted by Gasteiger charge is 2.15. The highest BCUT2D eigenvalue weighted by molar-refractivity contribution is 5.99. The van der Waals surface area contributed by atoms with Crippen LogP contribution in [-0.4, -0.2) is 36.4 Å². The maximum absolute atomic E-state index is 12.6. The molecule has 2 amide bonds. The van der Waals surface area contributed by atoms with Crippen LogP contribution in [0.2, 0.25) is 0 Å². The van der Waals surface area contributed by atoms with Crippen LogP contribution in [-0.2, 0) is 6.54 Å². The van der Waals surface area contributed by atoms with Gasteiger partial charge >= 0.3 is 0 Å². The van der Waals surface area contributed by atoms with E-state index in [1.54, 1.807) is 36.2 Å². The number of ether oxygens (including phenoxy) is 1. The van der Waals surface area contributed by atoms with Gasteiger partial charge in [0.1, 0.15) is 5.75 Å². The summed E-state index contributed by atoms with van der Waals surface area (Å²) in [5, 5.41) is 2.94. The number of hydrogen-bond donors (Lipinski definition) is 1. The number of amides is 2. The third kappa shape index (κ3) is 5.83. The van der Waals surface area contributed by atoms with E-state index >= 15 is 0 Å². The standard InChI is InChI=1S/C24H30N2O3/c1-3-26(2)24(28)20-11-8-10-19(16-20)23(27)25-17-18-9-7-14-22(15-18)29-21-12-5-4-6-13-21/h7-11,14-16,21H,3-6,12-13,17H2,1-2H3,(H,25,27). The normalized spacial score (nSPS) is 14.3. The van der Waals surface area contributed by atoms with Crippen molar-refractivity contribution in [1.29, 1.82) is 0 Å². The zero-order valence-electron chi connectivity index (χ0n) is 17.3. The van der Waals surface area contributed by atoms with Crippen LogP contribution < -0.4 is 10.1 Å². The summed E-state index contributed by atoms with van der Waals surface area (Å²) in [6.07, 6.45) is 6.29. The molecule has 5 nitrogen and oxygen atoms in total. The van der Waals surface area contributed by atoms with Gasteiger partial charge in [-0.2, -0.15) is 0 Å².